The SMILES string of the molecule is COC(=O)[C@H](C[N+](=O)[O-])[C@H]1OC(O)[C@H](O)[C@H]1OCc1ccccc1. The van der Waals surface area contributed by atoms with Crippen LogP contribution in [-0.2, 0) is 25.6 Å². The number of rotatable bonds is 7. The smallest absolute Gasteiger partial charge is 0.318 e. The number of aliphatic hydroxyl groups is 2. The highest BCUT2D eigenvalue weighted by molar-refractivity contribution is 5.73. The van der Waals surface area contributed by atoms with Crippen molar-refractivity contribution in [2.24, 2.45) is 5.92 Å². The predicted molar refractivity (Wildman–Crippen MR) is 79.3 cm³/mol. The van der Waals surface area contributed by atoms with E-state index in [9.17, 15) is 25.1 Å². The fraction of sp³-hybridized carbons (Fsp3) is 0.533. The summed E-state index contributed by atoms with van der Waals surface area (Å²) in [6.07, 6.45) is -5.34. The number of esters is 1. The molecule has 0 spiro atoms. The van der Waals surface area contributed by atoms with Crippen molar-refractivity contribution in [1.29, 1.82) is 0 Å². The lowest BCUT2D eigenvalue weighted by molar-refractivity contribution is -0.489. The molecule has 1 aliphatic rings. The van der Waals surface area contributed by atoms with Gasteiger partial charge in [-0.1, -0.05) is 30.3 Å². The van der Waals surface area contributed by atoms with Crippen LogP contribution >= 0.6 is 0 Å². The summed E-state index contributed by atoms with van der Waals surface area (Å²) in [5, 5.41) is 30.5. The Balaban J connectivity index is 2.15. The first-order valence-corrected chi connectivity index (χ1v) is 7.30. The van der Waals surface area contributed by atoms with E-state index in [0.717, 1.165) is 12.7 Å². The van der Waals surface area contributed by atoms with Crippen molar-refractivity contribution in [2.45, 2.75) is 31.2 Å². The molecule has 0 radical (unpaired) electrons. The Morgan fingerprint density at radius 1 is 1.38 bits per heavy atom. The van der Waals surface area contributed by atoms with Crippen molar-refractivity contribution in [3.05, 3.63) is 46.0 Å². The van der Waals surface area contributed by atoms with Gasteiger partial charge in [0, 0.05) is 4.92 Å². The standard InChI is InChI=1S/C15H19NO8/c1-22-14(18)10(7-16(20)21)12-13(11(17)15(19)24-12)23-8-9-5-3-2-4-6-9/h2-6,10-13,15,17,19H,7-8H2,1H3/t10-,11-,12-,13-,15?/m1/s1. The van der Waals surface area contributed by atoms with Crippen LogP contribution in [0.1, 0.15) is 5.56 Å². The van der Waals surface area contributed by atoms with Gasteiger partial charge in [0.2, 0.25) is 6.54 Å². The van der Waals surface area contributed by atoms with Gasteiger partial charge in [0.05, 0.1) is 13.7 Å². The molecule has 1 aromatic rings. The summed E-state index contributed by atoms with van der Waals surface area (Å²) in [5.74, 6) is -2.18. The molecule has 0 amide bonds. The number of nitrogens with zero attached hydrogens (tertiary/aromatic N) is 1. The maximum atomic E-state index is 11.8. The average molecular weight is 341 g/mol. The first kappa shape index (κ1) is 18.3. The van der Waals surface area contributed by atoms with Crippen molar-refractivity contribution >= 4 is 5.97 Å². The van der Waals surface area contributed by atoms with Gasteiger partial charge in [-0.3, -0.25) is 14.9 Å². The molecule has 1 heterocycles. The largest absolute Gasteiger partial charge is 0.469 e. The second-order valence-corrected chi connectivity index (χ2v) is 5.39. The van der Waals surface area contributed by atoms with Crippen LogP contribution < -0.4 is 0 Å². The molecule has 1 aromatic carbocycles. The highest BCUT2D eigenvalue weighted by Gasteiger charge is 2.51. The highest BCUT2D eigenvalue weighted by atomic mass is 16.7. The molecular weight excluding hydrogens is 322 g/mol. The van der Waals surface area contributed by atoms with Gasteiger partial charge < -0.3 is 24.4 Å². The highest BCUT2D eigenvalue weighted by Crippen LogP contribution is 2.29. The zero-order valence-electron chi connectivity index (χ0n) is 13.0. The van der Waals surface area contributed by atoms with E-state index < -0.39 is 48.0 Å². The molecule has 1 aliphatic heterocycles. The van der Waals surface area contributed by atoms with Gasteiger partial charge in [-0.25, -0.2) is 0 Å². The van der Waals surface area contributed by atoms with E-state index in [0.29, 0.717) is 0 Å². The topological polar surface area (TPSA) is 128 Å². The molecule has 2 N–H and O–H groups in total. The van der Waals surface area contributed by atoms with Crippen molar-refractivity contribution in [2.75, 3.05) is 13.7 Å². The third-order valence-electron chi connectivity index (χ3n) is 3.78. The zero-order chi connectivity index (χ0) is 17.7. The number of aliphatic hydroxyl groups excluding tert-OH is 2. The number of carbonyl (C=O) groups is 1. The third kappa shape index (κ3) is 4.26. The molecule has 9 heteroatoms. The molecule has 0 bridgehead atoms. The van der Waals surface area contributed by atoms with Crippen LogP contribution in [0.4, 0.5) is 0 Å². The predicted octanol–water partition coefficient (Wildman–Crippen LogP) is -0.284. The summed E-state index contributed by atoms with van der Waals surface area (Å²) in [7, 11) is 1.09. The Bertz CT molecular complexity index is 566. The number of carbonyl (C=O) groups excluding carboxylic acids is 1. The fourth-order valence-electron chi connectivity index (χ4n) is 2.58. The molecular formula is C15H19NO8. The molecule has 1 saturated heterocycles. The molecule has 0 saturated carbocycles. The van der Waals surface area contributed by atoms with Crippen molar-refractivity contribution in [3.63, 3.8) is 0 Å². The maximum Gasteiger partial charge on any atom is 0.318 e. The molecule has 5 atom stereocenters. The molecule has 2 rings (SSSR count). The van der Waals surface area contributed by atoms with Crippen molar-refractivity contribution in [3.8, 4) is 0 Å². The summed E-state index contributed by atoms with van der Waals surface area (Å²) >= 11 is 0. The molecule has 0 aromatic heterocycles. The summed E-state index contributed by atoms with van der Waals surface area (Å²) in [4.78, 5) is 22.0. The van der Waals surface area contributed by atoms with Gasteiger partial charge >= 0.3 is 5.97 Å². The lowest BCUT2D eigenvalue weighted by Crippen LogP contribution is -2.44. The summed E-state index contributed by atoms with van der Waals surface area (Å²) in [6, 6.07) is 9.02. The number of ether oxygens (including phenoxy) is 3. The number of hydrogen-bond acceptors (Lipinski definition) is 8. The lowest BCUT2D eigenvalue weighted by atomic mass is 9.96. The van der Waals surface area contributed by atoms with E-state index in [1.807, 2.05) is 6.07 Å². The van der Waals surface area contributed by atoms with Crippen molar-refractivity contribution in [1.82, 2.24) is 0 Å². The number of benzene rings is 1. The maximum absolute atomic E-state index is 11.8. The van der Waals surface area contributed by atoms with Crippen molar-refractivity contribution < 1.29 is 34.1 Å². The van der Waals surface area contributed by atoms with E-state index in [1.54, 1.807) is 24.3 Å². The molecule has 132 valence electrons. The molecule has 9 nitrogen and oxygen atoms in total. The van der Waals surface area contributed by atoms with Crippen LogP contribution in [-0.4, -0.2) is 59.4 Å². The van der Waals surface area contributed by atoms with Gasteiger partial charge in [-0.15, -0.1) is 0 Å². The minimum absolute atomic E-state index is 0.0848. The zero-order valence-corrected chi connectivity index (χ0v) is 13.0. The summed E-state index contributed by atoms with van der Waals surface area (Å²) in [5.41, 5.74) is 0.800. The fourth-order valence-corrected chi connectivity index (χ4v) is 2.58. The third-order valence-corrected chi connectivity index (χ3v) is 3.78. The van der Waals surface area contributed by atoms with Gasteiger partial charge in [-0.2, -0.15) is 0 Å². The Morgan fingerprint density at radius 3 is 2.62 bits per heavy atom. The lowest BCUT2D eigenvalue weighted by Gasteiger charge is -2.24. The Morgan fingerprint density at radius 2 is 2.04 bits per heavy atom. The average Bonchev–Trinajstić information content (AvgIpc) is 2.85. The summed E-state index contributed by atoms with van der Waals surface area (Å²) in [6.45, 7) is -0.677. The first-order chi connectivity index (χ1) is 11.4. The first-order valence-electron chi connectivity index (χ1n) is 7.30. The van der Waals surface area contributed by atoms with Crippen LogP contribution in [0.15, 0.2) is 30.3 Å². The molecule has 24 heavy (non-hydrogen) atoms. The van der Waals surface area contributed by atoms with Crippen LogP contribution in [0.2, 0.25) is 0 Å². The van der Waals surface area contributed by atoms with Crippen LogP contribution in [0.5, 0.6) is 0 Å². The summed E-state index contributed by atoms with van der Waals surface area (Å²) < 4.78 is 15.3. The Kier molecular flexibility index (Phi) is 6.21. The van der Waals surface area contributed by atoms with Crippen LogP contribution in [0.25, 0.3) is 0 Å². The van der Waals surface area contributed by atoms with Crippen LogP contribution in [0.3, 0.4) is 0 Å². The van der Waals surface area contributed by atoms with E-state index in [-0.39, 0.29) is 6.61 Å². The van der Waals surface area contributed by atoms with Gasteiger partial charge in [-0.05, 0) is 5.56 Å². The quantitative estimate of drug-likeness (QED) is 0.393. The van der Waals surface area contributed by atoms with Gasteiger partial charge in [0.15, 0.2) is 6.29 Å². The normalized spacial score (nSPS) is 27.6. The van der Waals surface area contributed by atoms with Gasteiger partial charge in [0.25, 0.3) is 0 Å². The number of methoxy groups -OCH3 is 1. The van der Waals surface area contributed by atoms with Gasteiger partial charge in [0.1, 0.15) is 24.2 Å². The number of nitro groups is 1. The second kappa shape index (κ2) is 8.15. The molecule has 0 aliphatic carbocycles. The minimum Gasteiger partial charge on any atom is -0.469 e. The van der Waals surface area contributed by atoms with Crippen LogP contribution in [0, 0.1) is 16.0 Å². The second-order valence-electron chi connectivity index (χ2n) is 5.39. The minimum atomic E-state index is -1.60. The van der Waals surface area contributed by atoms with E-state index in [4.69, 9.17) is 9.47 Å². The molecule has 1 unspecified atom stereocenters. The van der Waals surface area contributed by atoms with E-state index >= 15 is 0 Å². The van der Waals surface area contributed by atoms with E-state index in [1.165, 1.54) is 0 Å². The number of hydrogen-bond donors (Lipinski definition) is 2. The monoisotopic (exact) mass is 341 g/mol. The molecule has 1 fully saturated rings. The Hall–Kier alpha value is -2.07. The Labute approximate surface area is 137 Å². The van der Waals surface area contributed by atoms with E-state index in [2.05, 4.69) is 4.74 Å².